The van der Waals surface area contributed by atoms with Crippen molar-refractivity contribution >= 4 is 27.4 Å². The molecule has 3 aromatic rings. The number of aromatic nitrogens is 2. The van der Waals surface area contributed by atoms with E-state index in [-0.39, 0.29) is 5.82 Å². The van der Waals surface area contributed by atoms with Gasteiger partial charge in [-0.25, -0.2) is 14.4 Å². The molecule has 0 atom stereocenters. The highest BCUT2D eigenvalue weighted by Crippen LogP contribution is 2.31. The Kier molecular flexibility index (Phi) is 3.14. The zero-order valence-corrected chi connectivity index (χ0v) is 12.3. The van der Waals surface area contributed by atoms with E-state index in [1.807, 2.05) is 39.2 Å². The molecule has 0 saturated heterocycles. The Bertz CT molecular complexity index is 780. The summed E-state index contributed by atoms with van der Waals surface area (Å²) in [6.07, 6.45) is 0. The van der Waals surface area contributed by atoms with Gasteiger partial charge < -0.3 is 4.90 Å². The Labute approximate surface area is 120 Å². The minimum atomic E-state index is -0.240. The Morgan fingerprint density at radius 1 is 1.10 bits per heavy atom. The molecule has 0 aliphatic carbocycles. The molecule has 0 aliphatic rings. The van der Waals surface area contributed by atoms with Crippen LogP contribution in [0, 0.1) is 12.7 Å². The third kappa shape index (κ3) is 2.25. The van der Waals surface area contributed by atoms with Gasteiger partial charge in [0.25, 0.3) is 0 Å². The number of rotatable bonds is 2. The van der Waals surface area contributed by atoms with Gasteiger partial charge in [0.15, 0.2) is 0 Å². The quantitative estimate of drug-likeness (QED) is 0.716. The summed E-state index contributed by atoms with van der Waals surface area (Å²) in [5.41, 5.74) is 3.17. The number of pyridine rings is 1. The molecule has 20 heavy (non-hydrogen) atoms. The highest BCUT2D eigenvalue weighted by atomic mass is 32.1. The summed E-state index contributed by atoms with van der Waals surface area (Å²) < 4.78 is 14.0. The first-order chi connectivity index (χ1) is 9.54. The van der Waals surface area contributed by atoms with Crippen molar-refractivity contribution in [3.05, 3.63) is 41.8 Å². The van der Waals surface area contributed by atoms with Crippen LogP contribution >= 0.6 is 11.3 Å². The van der Waals surface area contributed by atoms with E-state index in [1.54, 1.807) is 11.0 Å². The van der Waals surface area contributed by atoms with Crippen LogP contribution in [0.4, 0.5) is 10.1 Å². The predicted molar refractivity (Wildman–Crippen MR) is 81.9 cm³/mol. The number of fused-ring (bicyclic) bond motifs is 1. The fourth-order valence-corrected chi connectivity index (χ4v) is 3.02. The van der Waals surface area contributed by atoms with Gasteiger partial charge in [-0.2, -0.15) is 0 Å². The summed E-state index contributed by atoms with van der Waals surface area (Å²) in [7, 11) is 3.64. The first kappa shape index (κ1) is 13.0. The second-order valence-electron chi connectivity index (χ2n) is 4.86. The van der Waals surface area contributed by atoms with E-state index in [0.29, 0.717) is 5.69 Å². The highest BCUT2D eigenvalue weighted by molar-refractivity contribution is 7.21. The molecule has 0 N–H and O–H groups in total. The van der Waals surface area contributed by atoms with Crippen LogP contribution in [-0.4, -0.2) is 24.1 Å². The van der Waals surface area contributed by atoms with Gasteiger partial charge in [-0.3, -0.25) is 0 Å². The SMILES string of the molecule is Cc1ccc2nc(-c3ccc(N(C)C)c(F)c3)sc2n1. The van der Waals surface area contributed by atoms with Crippen molar-refractivity contribution in [2.75, 3.05) is 19.0 Å². The van der Waals surface area contributed by atoms with Gasteiger partial charge in [0.05, 0.1) is 5.69 Å². The maximum Gasteiger partial charge on any atom is 0.147 e. The van der Waals surface area contributed by atoms with Crippen LogP contribution < -0.4 is 4.90 Å². The number of halogens is 1. The molecule has 0 bridgehead atoms. The lowest BCUT2D eigenvalue weighted by atomic mass is 10.2. The second kappa shape index (κ2) is 4.83. The van der Waals surface area contributed by atoms with E-state index in [1.165, 1.54) is 17.4 Å². The smallest absolute Gasteiger partial charge is 0.147 e. The summed E-state index contributed by atoms with van der Waals surface area (Å²) >= 11 is 1.49. The van der Waals surface area contributed by atoms with E-state index >= 15 is 0 Å². The number of thiazole rings is 1. The van der Waals surface area contributed by atoms with Gasteiger partial charge in [0, 0.05) is 25.4 Å². The number of aryl methyl sites for hydroxylation is 1. The first-order valence-corrected chi connectivity index (χ1v) is 7.07. The van der Waals surface area contributed by atoms with E-state index in [4.69, 9.17) is 0 Å². The molecule has 1 aromatic carbocycles. The molecule has 0 fully saturated rings. The molecule has 0 aliphatic heterocycles. The van der Waals surface area contributed by atoms with Gasteiger partial charge in [-0.1, -0.05) is 11.3 Å². The average molecular weight is 287 g/mol. The van der Waals surface area contributed by atoms with Crippen LogP contribution in [-0.2, 0) is 0 Å². The van der Waals surface area contributed by atoms with Crippen LogP contribution in [0.25, 0.3) is 20.9 Å². The molecule has 3 rings (SSSR count). The molecule has 0 radical (unpaired) electrons. The van der Waals surface area contributed by atoms with Crippen LogP contribution in [0.2, 0.25) is 0 Å². The normalized spacial score (nSPS) is 11.0. The van der Waals surface area contributed by atoms with Gasteiger partial charge in [0.2, 0.25) is 0 Å². The number of hydrogen-bond donors (Lipinski definition) is 0. The van der Waals surface area contributed by atoms with Crippen molar-refractivity contribution in [1.29, 1.82) is 0 Å². The van der Waals surface area contributed by atoms with Gasteiger partial charge in [0.1, 0.15) is 21.2 Å². The predicted octanol–water partition coefficient (Wildman–Crippen LogP) is 3.87. The Morgan fingerprint density at radius 2 is 1.90 bits per heavy atom. The first-order valence-electron chi connectivity index (χ1n) is 6.26. The minimum Gasteiger partial charge on any atom is -0.375 e. The Morgan fingerprint density at radius 3 is 2.60 bits per heavy atom. The lowest BCUT2D eigenvalue weighted by molar-refractivity contribution is 0.626. The van der Waals surface area contributed by atoms with Crippen LogP contribution in [0.3, 0.4) is 0 Å². The molecule has 0 unspecified atom stereocenters. The molecular formula is C15H14FN3S. The summed E-state index contributed by atoms with van der Waals surface area (Å²) in [6, 6.07) is 9.07. The molecule has 2 aromatic heterocycles. The number of hydrogen-bond acceptors (Lipinski definition) is 4. The van der Waals surface area contributed by atoms with Crippen molar-refractivity contribution in [1.82, 2.24) is 9.97 Å². The molecule has 0 amide bonds. The largest absolute Gasteiger partial charge is 0.375 e. The van der Waals surface area contributed by atoms with Crippen molar-refractivity contribution in [3.8, 4) is 10.6 Å². The van der Waals surface area contributed by atoms with Gasteiger partial charge >= 0.3 is 0 Å². The van der Waals surface area contributed by atoms with Crippen molar-refractivity contribution in [2.45, 2.75) is 6.92 Å². The van der Waals surface area contributed by atoms with E-state index in [9.17, 15) is 4.39 Å². The Hall–Kier alpha value is -2.01. The van der Waals surface area contributed by atoms with Crippen LogP contribution in [0.15, 0.2) is 30.3 Å². The standard InChI is InChI=1S/C15H14FN3S/c1-9-4-6-12-15(17-9)20-14(18-12)10-5-7-13(19(2)3)11(16)8-10/h4-8H,1-3H3. The monoisotopic (exact) mass is 287 g/mol. The Balaban J connectivity index is 2.08. The molecule has 0 saturated carbocycles. The fourth-order valence-electron chi connectivity index (χ4n) is 2.04. The van der Waals surface area contributed by atoms with Gasteiger partial charge in [-0.15, -0.1) is 0 Å². The van der Waals surface area contributed by atoms with Crippen LogP contribution in [0.5, 0.6) is 0 Å². The fraction of sp³-hybridized carbons (Fsp3) is 0.200. The molecular weight excluding hydrogens is 273 g/mol. The van der Waals surface area contributed by atoms with Crippen molar-refractivity contribution < 1.29 is 4.39 Å². The molecule has 102 valence electrons. The second-order valence-corrected chi connectivity index (χ2v) is 5.83. The minimum absolute atomic E-state index is 0.240. The molecule has 5 heteroatoms. The summed E-state index contributed by atoms with van der Waals surface area (Å²) in [4.78, 5) is 11.6. The molecule has 2 heterocycles. The van der Waals surface area contributed by atoms with Crippen molar-refractivity contribution in [3.63, 3.8) is 0 Å². The highest BCUT2D eigenvalue weighted by Gasteiger charge is 2.11. The van der Waals surface area contributed by atoms with Crippen LogP contribution in [0.1, 0.15) is 5.69 Å². The van der Waals surface area contributed by atoms with E-state index in [2.05, 4.69) is 9.97 Å². The van der Waals surface area contributed by atoms with Gasteiger partial charge in [-0.05, 0) is 37.3 Å². The zero-order chi connectivity index (χ0) is 14.3. The maximum atomic E-state index is 14.0. The molecule has 0 spiro atoms. The average Bonchev–Trinajstić information content (AvgIpc) is 2.81. The number of benzene rings is 1. The molecule has 3 nitrogen and oxygen atoms in total. The lowest BCUT2D eigenvalue weighted by Gasteiger charge is -2.13. The third-order valence-corrected chi connectivity index (χ3v) is 4.09. The lowest BCUT2D eigenvalue weighted by Crippen LogP contribution is -2.10. The summed E-state index contributed by atoms with van der Waals surface area (Å²) in [5.74, 6) is -0.240. The van der Waals surface area contributed by atoms with E-state index < -0.39 is 0 Å². The van der Waals surface area contributed by atoms with Crippen molar-refractivity contribution in [2.24, 2.45) is 0 Å². The summed E-state index contributed by atoms with van der Waals surface area (Å²) in [5, 5.41) is 0.794. The summed E-state index contributed by atoms with van der Waals surface area (Å²) in [6.45, 7) is 1.95. The third-order valence-electron chi connectivity index (χ3n) is 3.07. The maximum absolute atomic E-state index is 14.0. The topological polar surface area (TPSA) is 29.0 Å². The number of anilines is 1. The number of nitrogens with zero attached hydrogens (tertiary/aromatic N) is 3. The zero-order valence-electron chi connectivity index (χ0n) is 11.5. The van der Waals surface area contributed by atoms with E-state index in [0.717, 1.165) is 26.6 Å².